The largest absolute Gasteiger partial charge is 0.494 e. The van der Waals surface area contributed by atoms with E-state index in [9.17, 15) is 9.90 Å². The first kappa shape index (κ1) is 19.9. The molecule has 0 spiro atoms. The number of imidazole rings is 1. The number of primary amides is 1. The lowest BCUT2D eigenvalue weighted by Gasteiger charge is -2.12. The smallest absolute Gasteiger partial charge is 0.268 e. The Balaban J connectivity index is 1.45. The number of hydrogen-bond acceptors (Lipinski definition) is 5. The fourth-order valence-corrected chi connectivity index (χ4v) is 2.85. The van der Waals surface area contributed by atoms with Gasteiger partial charge in [0, 0.05) is 24.5 Å². The van der Waals surface area contributed by atoms with Crippen molar-refractivity contribution < 1.29 is 14.6 Å². The van der Waals surface area contributed by atoms with Gasteiger partial charge < -0.3 is 20.1 Å². The third-order valence-corrected chi connectivity index (χ3v) is 4.38. The molecule has 2 heterocycles. The first-order valence-electron chi connectivity index (χ1n) is 8.85. The SMILES string of the molecule is NC(=O)c1cn(C[C@@H](O)CCCOc2cccc(-c3ccc(Cl)nc3)c2)cn1. The van der Waals surface area contributed by atoms with Crippen LogP contribution in [-0.4, -0.2) is 38.3 Å². The zero-order valence-corrected chi connectivity index (χ0v) is 15.9. The molecule has 3 aromatic rings. The molecular formula is C20H21ClN4O3. The van der Waals surface area contributed by atoms with Crippen LogP contribution in [0.1, 0.15) is 23.3 Å². The van der Waals surface area contributed by atoms with E-state index in [4.69, 9.17) is 22.1 Å². The Bertz CT molecular complexity index is 927. The molecule has 8 heteroatoms. The number of halogens is 1. The number of aromatic nitrogens is 3. The fraction of sp³-hybridized carbons (Fsp3) is 0.250. The Morgan fingerprint density at radius 1 is 1.25 bits per heavy atom. The minimum atomic E-state index is -0.585. The van der Waals surface area contributed by atoms with Crippen LogP contribution in [-0.2, 0) is 6.54 Å². The van der Waals surface area contributed by atoms with Crippen LogP contribution in [0.25, 0.3) is 11.1 Å². The average molecular weight is 401 g/mol. The quantitative estimate of drug-likeness (QED) is 0.424. The summed E-state index contributed by atoms with van der Waals surface area (Å²) in [6.45, 7) is 0.829. The first-order chi connectivity index (χ1) is 13.5. The Hall–Kier alpha value is -2.90. The van der Waals surface area contributed by atoms with E-state index >= 15 is 0 Å². The van der Waals surface area contributed by atoms with Crippen LogP contribution >= 0.6 is 11.6 Å². The highest BCUT2D eigenvalue weighted by Gasteiger charge is 2.09. The molecule has 1 aromatic carbocycles. The van der Waals surface area contributed by atoms with E-state index in [2.05, 4.69) is 9.97 Å². The molecule has 0 bridgehead atoms. The first-order valence-corrected chi connectivity index (χ1v) is 9.23. The van der Waals surface area contributed by atoms with Gasteiger partial charge in [-0.05, 0) is 42.7 Å². The van der Waals surface area contributed by atoms with Gasteiger partial charge >= 0.3 is 0 Å². The Labute approximate surface area is 167 Å². The number of carbonyl (C=O) groups is 1. The lowest BCUT2D eigenvalue weighted by atomic mass is 10.1. The number of amides is 1. The van der Waals surface area contributed by atoms with Gasteiger partial charge in [0.25, 0.3) is 5.91 Å². The van der Waals surface area contributed by atoms with Gasteiger partial charge in [-0.2, -0.15) is 0 Å². The normalized spacial score (nSPS) is 11.9. The molecule has 0 saturated carbocycles. The van der Waals surface area contributed by atoms with Crippen molar-refractivity contribution in [3.05, 3.63) is 66.0 Å². The maximum absolute atomic E-state index is 11.0. The highest BCUT2D eigenvalue weighted by molar-refractivity contribution is 6.29. The number of nitrogens with zero attached hydrogens (tertiary/aromatic N) is 3. The van der Waals surface area contributed by atoms with Gasteiger partial charge in [0.15, 0.2) is 0 Å². The van der Waals surface area contributed by atoms with Crippen molar-refractivity contribution in [2.75, 3.05) is 6.61 Å². The summed E-state index contributed by atoms with van der Waals surface area (Å²) in [7, 11) is 0. The van der Waals surface area contributed by atoms with Crippen molar-refractivity contribution in [3.8, 4) is 16.9 Å². The summed E-state index contributed by atoms with van der Waals surface area (Å²) in [6, 6.07) is 11.4. The van der Waals surface area contributed by atoms with Crippen molar-refractivity contribution in [1.29, 1.82) is 0 Å². The van der Waals surface area contributed by atoms with Crippen molar-refractivity contribution in [2.24, 2.45) is 5.73 Å². The molecule has 146 valence electrons. The molecule has 0 aliphatic rings. The molecule has 2 aromatic heterocycles. The maximum atomic E-state index is 11.0. The zero-order valence-electron chi connectivity index (χ0n) is 15.2. The van der Waals surface area contributed by atoms with E-state index < -0.39 is 12.0 Å². The zero-order chi connectivity index (χ0) is 19.9. The molecule has 3 rings (SSSR count). The highest BCUT2D eigenvalue weighted by Crippen LogP contribution is 2.24. The molecular weight excluding hydrogens is 380 g/mol. The monoisotopic (exact) mass is 400 g/mol. The molecule has 0 aliphatic carbocycles. The molecule has 0 unspecified atom stereocenters. The molecule has 28 heavy (non-hydrogen) atoms. The van der Waals surface area contributed by atoms with E-state index in [1.807, 2.05) is 30.3 Å². The maximum Gasteiger partial charge on any atom is 0.268 e. The number of aliphatic hydroxyl groups excluding tert-OH is 1. The van der Waals surface area contributed by atoms with Gasteiger partial charge in [-0.25, -0.2) is 9.97 Å². The molecule has 0 aliphatic heterocycles. The number of pyridine rings is 1. The number of nitrogens with two attached hydrogens (primary N) is 1. The summed E-state index contributed by atoms with van der Waals surface area (Å²) in [6.07, 6.45) is 5.41. The van der Waals surface area contributed by atoms with Crippen LogP contribution < -0.4 is 10.5 Å². The van der Waals surface area contributed by atoms with Gasteiger partial charge in [-0.15, -0.1) is 0 Å². The van der Waals surface area contributed by atoms with Crippen molar-refractivity contribution in [3.63, 3.8) is 0 Å². The number of rotatable bonds is 9. The number of ether oxygens (including phenoxy) is 1. The molecule has 0 radical (unpaired) electrons. The molecule has 1 amide bonds. The summed E-state index contributed by atoms with van der Waals surface area (Å²) in [5.74, 6) is 0.168. The van der Waals surface area contributed by atoms with E-state index in [0.717, 1.165) is 16.9 Å². The van der Waals surface area contributed by atoms with E-state index in [-0.39, 0.29) is 5.69 Å². The predicted molar refractivity (Wildman–Crippen MR) is 106 cm³/mol. The molecule has 0 saturated heterocycles. The topological polar surface area (TPSA) is 103 Å². The van der Waals surface area contributed by atoms with Crippen LogP contribution in [0.15, 0.2) is 55.1 Å². The van der Waals surface area contributed by atoms with E-state index in [1.54, 1.807) is 16.8 Å². The lowest BCUT2D eigenvalue weighted by molar-refractivity contribution is 0.0995. The van der Waals surface area contributed by atoms with Crippen LogP contribution in [0.3, 0.4) is 0 Å². The highest BCUT2D eigenvalue weighted by atomic mass is 35.5. The summed E-state index contributed by atoms with van der Waals surface area (Å²) in [5, 5.41) is 10.6. The Morgan fingerprint density at radius 2 is 2.11 bits per heavy atom. The number of hydrogen-bond donors (Lipinski definition) is 2. The average Bonchev–Trinajstić information content (AvgIpc) is 3.15. The fourth-order valence-electron chi connectivity index (χ4n) is 2.74. The summed E-state index contributed by atoms with van der Waals surface area (Å²) < 4.78 is 7.44. The van der Waals surface area contributed by atoms with Gasteiger partial charge in [0.1, 0.15) is 16.6 Å². The van der Waals surface area contributed by atoms with E-state index in [0.29, 0.717) is 31.1 Å². The minimum absolute atomic E-state index is 0.186. The van der Waals surface area contributed by atoms with Gasteiger partial charge in [0.05, 0.1) is 19.0 Å². The summed E-state index contributed by atoms with van der Waals surface area (Å²) in [4.78, 5) is 19.0. The van der Waals surface area contributed by atoms with Crippen LogP contribution in [0.2, 0.25) is 5.15 Å². The third kappa shape index (κ3) is 5.55. The van der Waals surface area contributed by atoms with Gasteiger partial charge in [-0.1, -0.05) is 23.7 Å². The molecule has 0 fully saturated rings. The van der Waals surface area contributed by atoms with E-state index in [1.165, 1.54) is 12.5 Å². The summed E-state index contributed by atoms with van der Waals surface area (Å²) >= 11 is 5.82. The molecule has 7 nitrogen and oxygen atoms in total. The molecule has 1 atom stereocenters. The Kier molecular flexibility index (Phi) is 6.62. The molecule has 3 N–H and O–H groups in total. The van der Waals surface area contributed by atoms with Crippen molar-refractivity contribution in [2.45, 2.75) is 25.5 Å². The van der Waals surface area contributed by atoms with Crippen molar-refractivity contribution in [1.82, 2.24) is 14.5 Å². The minimum Gasteiger partial charge on any atom is -0.494 e. The number of aliphatic hydroxyl groups is 1. The second-order valence-electron chi connectivity index (χ2n) is 6.36. The second kappa shape index (κ2) is 9.34. The third-order valence-electron chi connectivity index (χ3n) is 4.15. The number of benzene rings is 1. The number of carbonyl (C=O) groups excluding carboxylic acids is 1. The van der Waals surface area contributed by atoms with Crippen LogP contribution in [0.5, 0.6) is 5.75 Å². The summed E-state index contributed by atoms with van der Waals surface area (Å²) in [5.41, 5.74) is 7.30. The Morgan fingerprint density at radius 3 is 2.82 bits per heavy atom. The predicted octanol–water partition coefficient (Wildman–Crippen LogP) is 2.92. The van der Waals surface area contributed by atoms with Crippen molar-refractivity contribution >= 4 is 17.5 Å². The van der Waals surface area contributed by atoms with Crippen LogP contribution in [0.4, 0.5) is 0 Å². The lowest BCUT2D eigenvalue weighted by Crippen LogP contribution is -2.16. The van der Waals surface area contributed by atoms with Gasteiger partial charge in [-0.3, -0.25) is 4.79 Å². The van der Waals surface area contributed by atoms with Crippen LogP contribution in [0, 0.1) is 0 Å². The standard InChI is InChI=1S/C20H21ClN4O3/c21-19-7-6-15(10-23-19)14-3-1-5-17(9-14)28-8-2-4-16(26)11-25-12-18(20(22)27)24-13-25/h1,3,5-7,9-10,12-13,16,26H,2,4,8,11H2,(H2,22,27)/t16-/m0/s1. The second-order valence-corrected chi connectivity index (χ2v) is 6.75. The van der Waals surface area contributed by atoms with Gasteiger partial charge in [0.2, 0.25) is 0 Å².